The second kappa shape index (κ2) is 16.6. The number of carbonyl (C=O) groups excluding carboxylic acids is 4. The van der Waals surface area contributed by atoms with Gasteiger partial charge in [0.15, 0.2) is 0 Å². The maximum atomic E-state index is 14.1. The molecule has 0 fully saturated rings. The monoisotopic (exact) mass is 548 g/mol. The number of nitrogens with zero attached hydrogens (tertiary/aromatic N) is 1. The normalized spacial score (nSPS) is 12.8. The number of amides is 4. The number of aromatic hydroxyl groups is 1. The van der Waals surface area contributed by atoms with E-state index in [1.54, 1.807) is 39.8 Å². The molecule has 0 radical (unpaired) electrons. The number of rotatable bonds is 16. The van der Waals surface area contributed by atoms with E-state index < -0.39 is 35.6 Å². The molecule has 0 saturated heterocycles. The number of alkyl carbamates (subject to hydrolysis) is 1. The molecule has 10 heteroatoms. The van der Waals surface area contributed by atoms with Crippen LogP contribution in [-0.4, -0.2) is 58.6 Å². The first-order chi connectivity index (χ1) is 18.3. The molecule has 0 aromatic heterocycles. The molecule has 39 heavy (non-hydrogen) atoms. The number of phenols is 1. The number of ether oxygens (including phenoxy) is 1. The minimum atomic E-state index is -1.14. The number of nitrogens with one attached hydrogen (secondary N) is 2. The van der Waals surface area contributed by atoms with E-state index in [1.807, 2.05) is 6.92 Å². The highest BCUT2D eigenvalue weighted by molar-refractivity contribution is 5.92. The molecule has 1 aromatic rings. The highest BCUT2D eigenvalue weighted by Gasteiger charge is 2.36. The molecule has 1 aromatic carbocycles. The lowest BCUT2D eigenvalue weighted by atomic mass is 9.99. The maximum absolute atomic E-state index is 14.1. The van der Waals surface area contributed by atoms with Crippen LogP contribution in [0.5, 0.6) is 5.75 Å². The Kier molecular flexibility index (Phi) is 14.4. The van der Waals surface area contributed by atoms with Crippen LogP contribution in [-0.2, 0) is 19.1 Å². The summed E-state index contributed by atoms with van der Waals surface area (Å²) in [6.45, 7) is 11.6. The van der Waals surface area contributed by atoms with Crippen molar-refractivity contribution in [2.75, 3.05) is 13.1 Å². The average Bonchev–Trinajstić information content (AvgIpc) is 2.84. The largest absolute Gasteiger partial charge is 0.508 e. The van der Waals surface area contributed by atoms with E-state index in [-0.39, 0.29) is 31.0 Å². The van der Waals surface area contributed by atoms with Gasteiger partial charge in [0, 0.05) is 19.5 Å². The molecule has 4 amide bonds. The molecular weight excluding hydrogens is 500 g/mol. The SMILES string of the molecule is CCCCCNC(=O)C(c1ccc(O)c(C)c1)N(CCCCC)C(=O)C(CCC(N)=O)NC(=O)OC(C)(C)C. The summed E-state index contributed by atoms with van der Waals surface area (Å²) >= 11 is 0. The van der Waals surface area contributed by atoms with E-state index in [0.29, 0.717) is 24.1 Å². The van der Waals surface area contributed by atoms with E-state index in [4.69, 9.17) is 10.5 Å². The zero-order valence-electron chi connectivity index (χ0n) is 24.5. The van der Waals surface area contributed by atoms with Gasteiger partial charge in [-0.1, -0.05) is 45.6 Å². The third-order valence-corrected chi connectivity index (χ3v) is 6.13. The maximum Gasteiger partial charge on any atom is 0.408 e. The van der Waals surface area contributed by atoms with Gasteiger partial charge in [0.25, 0.3) is 0 Å². The predicted octanol–water partition coefficient (Wildman–Crippen LogP) is 4.23. The van der Waals surface area contributed by atoms with Crippen LogP contribution in [0.3, 0.4) is 0 Å². The minimum absolute atomic E-state index is 0.0445. The predicted molar refractivity (Wildman–Crippen MR) is 151 cm³/mol. The molecule has 0 heterocycles. The summed E-state index contributed by atoms with van der Waals surface area (Å²) in [6, 6.07) is 2.67. The second-order valence-corrected chi connectivity index (χ2v) is 10.9. The number of carbonyl (C=O) groups is 4. The van der Waals surface area contributed by atoms with E-state index >= 15 is 0 Å². The Bertz CT molecular complexity index is 960. The van der Waals surface area contributed by atoms with Crippen LogP contribution in [0, 0.1) is 6.92 Å². The molecule has 220 valence electrons. The molecule has 1 rings (SSSR count). The summed E-state index contributed by atoms with van der Waals surface area (Å²) in [5, 5.41) is 15.7. The van der Waals surface area contributed by atoms with Crippen molar-refractivity contribution in [2.45, 2.75) is 111 Å². The smallest absolute Gasteiger partial charge is 0.408 e. The van der Waals surface area contributed by atoms with Gasteiger partial charge >= 0.3 is 6.09 Å². The van der Waals surface area contributed by atoms with Gasteiger partial charge in [0.05, 0.1) is 0 Å². The fourth-order valence-electron chi connectivity index (χ4n) is 4.10. The molecule has 0 aliphatic heterocycles. The molecule has 0 aliphatic rings. The van der Waals surface area contributed by atoms with Crippen LogP contribution in [0.4, 0.5) is 4.79 Å². The van der Waals surface area contributed by atoms with E-state index in [1.165, 1.54) is 11.0 Å². The highest BCUT2D eigenvalue weighted by atomic mass is 16.6. The third kappa shape index (κ3) is 12.4. The summed E-state index contributed by atoms with van der Waals surface area (Å²) in [4.78, 5) is 53.4. The Hall–Kier alpha value is -3.30. The summed E-state index contributed by atoms with van der Waals surface area (Å²) in [5.74, 6) is -1.41. The van der Waals surface area contributed by atoms with E-state index in [9.17, 15) is 24.3 Å². The first kappa shape index (κ1) is 33.7. The van der Waals surface area contributed by atoms with Crippen LogP contribution >= 0.6 is 0 Å². The molecule has 10 nitrogen and oxygen atoms in total. The van der Waals surface area contributed by atoms with Gasteiger partial charge in [-0.15, -0.1) is 0 Å². The highest BCUT2D eigenvalue weighted by Crippen LogP contribution is 2.28. The lowest BCUT2D eigenvalue weighted by Gasteiger charge is -2.34. The quantitative estimate of drug-likeness (QED) is 0.227. The lowest BCUT2D eigenvalue weighted by Crippen LogP contribution is -2.53. The standard InChI is InChI=1S/C29H48N4O6/c1-7-9-11-17-31-26(36)25(21-13-15-23(34)20(3)19-21)33(18-12-10-8-2)27(37)22(14-16-24(30)35)32-28(38)39-29(4,5)6/h13,15,19,22,25,34H,7-12,14,16-18H2,1-6H3,(H2,30,35)(H,31,36)(H,32,38). The molecule has 0 bridgehead atoms. The molecule has 2 unspecified atom stereocenters. The summed E-state index contributed by atoms with van der Waals surface area (Å²) in [5.41, 5.74) is 5.66. The van der Waals surface area contributed by atoms with Gasteiger partial charge in [-0.3, -0.25) is 14.4 Å². The van der Waals surface area contributed by atoms with E-state index in [0.717, 1.165) is 32.1 Å². The summed E-state index contributed by atoms with van der Waals surface area (Å²) < 4.78 is 5.36. The number of aryl methyl sites for hydroxylation is 1. The molecular formula is C29H48N4O6. The van der Waals surface area contributed by atoms with Crippen LogP contribution in [0.15, 0.2) is 18.2 Å². The van der Waals surface area contributed by atoms with Crippen molar-refractivity contribution >= 4 is 23.8 Å². The Morgan fingerprint density at radius 3 is 2.26 bits per heavy atom. The Morgan fingerprint density at radius 2 is 1.69 bits per heavy atom. The third-order valence-electron chi connectivity index (χ3n) is 6.13. The fourth-order valence-corrected chi connectivity index (χ4v) is 4.10. The first-order valence-electron chi connectivity index (χ1n) is 14.0. The molecule has 0 saturated carbocycles. The van der Waals surface area contributed by atoms with Crippen LogP contribution in [0.2, 0.25) is 0 Å². The zero-order chi connectivity index (χ0) is 29.6. The van der Waals surface area contributed by atoms with Crippen molar-refractivity contribution in [1.82, 2.24) is 15.5 Å². The topological polar surface area (TPSA) is 151 Å². The Balaban J connectivity index is 3.49. The Morgan fingerprint density at radius 1 is 1.05 bits per heavy atom. The number of phenolic OH excluding ortho intramolecular Hbond substituents is 1. The average molecular weight is 549 g/mol. The number of hydrogen-bond acceptors (Lipinski definition) is 6. The molecule has 2 atom stereocenters. The van der Waals surface area contributed by atoms with Crippen molar-refractivity contribution in [2.24, 2.45) is 5.73 Å². The zero-order valence-corrected chi connectivity index (χ0v) is 24.5. The van der Waals surface area contributed by atoms with E-state index in [2.05, 4.69) is 17.6 Å². The number of hydrogen-bond donors (Lipinski definition) is 4. The van der Waals surface area contributed by atoms with Crippen molar-refractivity contribution in [3.8, 4) is 5.75 Å². The van der Waals surface area contributed by atoms with Gasteiger partial charge < -0.3 is 31.1 Å². The van der Waals surface area contributed by atoms with Gasteiger partial charge in [0.1, 0.15) is 23.4 Å². The van der Waals surface area contributed by atoms with Gasteiger partial charge in [-0.25, -0.2) is 4.79 Å². The molecule has 5 N–H and O–H groups in total. The van der Waals surface area contributed by atoms with Gasteiger partial charge in [-0.05, 0) is 70.2 Å². The van der Waals surface area contributed by atoms with Gasteiger partial charge in [0.2, 0.25) is 17.7 Å². The second-order valence-electron chi connectivity index (χ2n) is 10.9. The van der Waals surface area contributed by atoms with Crippen molar-refractivity contribution in [1.29, 1.82) is 0 Å². The van der Waals surface area contributed by atoms with Crippen molar-refractivity contribution < 1.29 is 29.0 Å². The Labute approximate surface area is 233 Å². The first-order valence-corrected chi connectivity index (χ1v) is 14.0. The number of primary amides is 1. The van der Waals surface area contributed by atoms with Crippen LogP contribution in [0.25, 0.3) is 0 Å². The summed E-state index contributed by atoms with van der Waals surface area (Å²) in [6.07, 6.45) is 4.12. The number of unbranched alkanes of at least 4 members (excludes halogenated alkanes) is 4. The fraction of sp³-hybridized carbons (Fsp3) is 0.655. The van der Waals surface area contributed by atoms with Crippen LogP contribution in [0.1, 0.15) is 103 Å². The minimum Gasteiger partial charge on any atom is -0.508 e. The molecule has 0 spiro atoms. The van der Waals surface area contributed by atoms with Gasteiger partial charge in [-0.2, -0.15) is 0 Å². The van der Waals surface area contributed by atoms with Crippen molar-refractivity contribution in [3.63, 3.8) is 0 Å². The summed E-state index contributed by atoms with van der Waals surface area (Å²) in [7, 11) is 0. The molecule has 0 aliphatic carbocycles. The van der Waals surface area contributed by atoms with Crippen LogP contribution < -0.4 is 16.4 Å². The number of benzene rings is 1. The van der Waals surface area contributed by atoms with Crippen molar-refractivity contribution in [3.05, 3.63) is 29.3 Å². The number of nitrogens with two attached hydrogens (primary N) is 1. The lowest BCUT2D eigenvalue weighted by molar-refractivity contribution is -0.142.